The highest BCUT2D eigenvalue weighted by Crippen LogP contribution is 2.13. The summed E-state index contributed by atoms with van der Waals surface area (Å²) in [4.78, 5) is 23.3. The normalized spacial score (nSPS) is 11.7. The smallest absolute Gasteiger partial charge is 0.327 e. The van der Waals surface area contributed by atoms with Crippen molar-refractivity contribution in [3.63, 3.8) is 0 Å². The van der Waals surface area contributed by atoms with Crippen LogP contribution in [0.4, 0.5) is 0 Å². The molecule has 0 aliphatic heterocycles. The molecule has 2 aromatic carbocycles. The number of thioether (sulfide) groups is 1. The molecule has 0 saturated heterocycles. The fourth-order valence-corrected chi connectivity index (χ4v) is 3.22. The van der Waals surface area contributed by atoms with Gasteiger partial charge in [-0.2, -0.15) is 11.8 Å². The summed E-state index contributed by atoms with van der Waals surface area (Å²) < 4.78 is 0. The van der Waals surface area contributed by atoms with E-state index in [0.29, 0.717) is 12.2 Å². The van der Waals surface area contributed by atoms with E-state index < -0.39 is 12.0 Å². The van der Waals surface area contributed by atoms with Crippen molar-refractivity contribution in [1.82, 2.24) is 5.32 Å². The lowest BCUT2D eigenvalue weighted by molar-refractivity contribution is -0.141. The average Bonchev–Trinajstić information content (AvgIpc) is 2.61. The quantitative estimate of drug-likeness (QED) is 0.734. The van der Waals surface area contributed by atoms with E-state index in [1.54, 1.807) is 0 Å². The van der Waals surface area contributed by atoms with E-state index in [0.717, 1.165) is 16.9 Å². The molecule has 24 heavy (non-hydrogen) atoms. The zero-order chi connectivity index (χ0) is 17.2. The molecular formula is C19H21NO3S. The van der Waals surface area contributed by atoms with Crippen LogP contribution in [0.1, 0.15) is 17.5 Å². The Morgan fingerprint density at radius 2 is 1.54 bits per heavy atom. The topological polar surface area (TPSA) is 66.4 Å². The van der Waals surface area contributed by atoms with Gasteiger partial charge >= 0.3 is 5.97 Å². The van der Waals surface area contributed by atoms with Crippen LogP contribution in [0.25, 0.3) is 0 Å². The largest absolute Gasteiger partial charge is 0.480 e. The maximum Gasteiger partial charge on any atom is 0.327 e. The van der Waals surface area contributed by atoms with Gasteiger partial charge in [0, 0.05) is 17.9 Å². The van der Waals surface area contributed by atoms with Crippen LogP contribution in [-0.4, -0.2) is 28.8 Å². The van der Waals surface area contributed by atoms with Gasteiger partial charge in [-0.3, -0.25) is 4.79 Å². The third kappa shape index (κ3) is 6.46. The van der Waals surface area contributed by atoms with E-state index in [4.69, 9.17) is 0 Å². The molecule has 2 rings (SSSR count). The summed E-state index contributed by atoms with van der Waals surface area (Å²) in [5.41, 5.74) is 2.21. The zero-order valence-electron chi connectivity index (χ0n) is 13.4. The molecule has 1 atom stereocenters. The number of aryl methyl sites for hydroxylation is 1. The number of benzene rings is 2. The van der Waals surface area contributed by atoms with Crippen LogP contribution in [-0.2, 0) is 21.8 Å². The standard InChI is InChI=1S/C19H21NO3S/c21-18(12-11-15-7-3-1-4-8-15)20-17(19(22)23)14-24-13-16-9-5-2-6-10-16/h1-10,17H,11-14H2,(H,20,21)(H,22,23)/t17-/m0/s1. The van der Waals surface area contributed by atoms with Gasteiger partial charge in [0.1, 0.15) is 6.04 Å². The van der Waals surface area contributed by atoms with Crippen molar-refractivity contribution in [3.8, 4) is 0 Å². The molecule has 2 N–H and O–H groups in total. The summed E-state index contributed by atoms with van der Waals surface area (Å²) in [5.74, 6) is -0.151. The number of rotatable bonds is 9. The van der Waals surface area contributed by atoms with Gasteiger partial charge in [-0.15, -0.1) is 0 Å². The van der Waals surface area contributed by atoms with Crippen LogP contribution < -0.4 is 5.32 Å². The highest BCUT2D eigenvalue weighted by molar-refractivity contribution is 7.98. The summed E-state index contributed by atoms with van der Waals surface area (Å²) in [6, 6.07) is 18.7. The number of hydrogen-bond acceptors (Lipinski definition) is 3. The molecule has 0 radical (unpaired) electrons. The van der Waals surface area contributed by atoms with Crippen molar-refractivity contribution in [1.29, 1.82) is 0 Å². The molecule has 0 spiro atoms. The third-order valence-corrected chi connectivity index (χ3v) is 4.62. The van der Waals surface area contributed by atoms with Crippen LogP contribution in [0.2, 0.25) is 0 Å². The molecule has 5 heteroatoms. The van der Waals surface area contributed by atoms with Crippen molar-refractivity contribution in [2.75, 3.05) is 5.75 Å². The van der Waals surface area contributed by atoms with Gasteiger partial charge in [0.25, 0.3) is 0 Å². The minimum atomic E-state index is -0.997. The number of carbonyl (C=O) groups is 2. The molecule has 0 fully saturated rings. The first-order valence-electron chi connectivity index (χ1n) is 7.83. The van der Waals surface area contributed by atoms with Crippen LogP contribution in [0, 0.1) is 0 Å². The number of amides is 1. The summed E-state index contributed by atoms with van der Waals surface area (Å²) in [5, 5.41) is 11.9. The Kier molecular flexibility index (Phi) is 7.36. The summed E-state index contributed by atoms with van der Waals surface area (Å²) in [7, 11) is 0. The van der Waals surface area contributed by atoms with Gasteiger partial charge in [0.05, 0.1) is 0 Å². The maximum atomic E-state index is 12.0. The van der Waals surface area contributed by atoms with E-state index in [1.807, 2.05) is 60.7 Å². The van der Waals surface area contributed by atoms with E-state index in [2.05, 4.69) is 5.32 Å². The molecule has 126 valence electrons. The van der Waals surface area contributed by atoms with Gasteiger partial charge in [0.15, 0.2) is 0 Å². The fraction of sp³-hybridized carbons (Fsp3) is 0.263. The van der Waals surface area contributed by atoms with Crippen LogP contribution in [0.5, 0.6) is 0 Å². The number of aliphatic carboxylic acids is 1. The number of carboxylic acid groups (broad SMARTS) is 1. The second-order valence-corrected chi connectivity index (χ2v) is 6.47. The molecule has 2 aromatic rings. The van der Waals surface area contributed by atoms with Gasteiger partial charge in [0.2, 0.25) is 5.91 Å². The van der Waals surface area contributed by atoms with Crippen LogP contribution >= 0.6 is 11.8 Å². The first-order valence-corrected chi connectivity index (χ1v) is 8.98. The van der Waals surface area contributed by atoms with Gasteiger partial charge in [-0.1, -0.05) is 60.7 Å². The summed E-state index contributed by atoms with van der Waals surface area (Å²) in [6.45, 7) is 0. The fourth-order valence-electron chi connectivity index (χ4n) is 2.21. The second kappa shape index (κ2) is 9.78. The van der Waals surface area contributed by atoms with Crippen molar-refractivity contribution in [2.24, 2.45) is 0 Å². The Balaban J connectivity index is 1.75. The average molecular weight is 343 g/mol. The predicted octanol–water partition coefficient (Wildman–Crippen LogP) is 3.12. The van der Waals surface area contributed by atoms with Crippen LogP contribution in [0.3, 0.4) is 0 Å². The number of nitrogens with one attached hydrogen (secondary N) is 1. The van der Waals surface area contributed by atoms with E-state index in [1.165, 1.54) is 11.8 Å². The van der Waals surface area contributed by atoms with Crippen molar-refractivity contribution in [2.45, 2.75) is 24.6 Å². The summed E-state index contributed by atoms with van der Waals surface area (Å²) >= 11 is 1.50. The van der Waals surface area contributed by atoms with E-state index in [9.17, 15) is 14.7 Å². The predicted molar refractivity (Wildman–Crippen MR) is 96.9 cm³/mol. The lowest BCUT2D eigenvalue weighted by atomic mass is 10.1. The number of carbonyl (C=O) groups excluding carboxylic acids is 1. The molecular weight excluding hydrogens is 322 g/mol. The van der Waals surface area contributed by atoms with Crippen molar-refractivity contribution >= 4 is 23.6 Å². The van der Waals surface area contributed by atoms with Gasteiger partial charge in [-0.25, -0.2) is 4.79 Å². The Morgan fingerprint density at radius 1 is 0.958 bits per heavy atom. The molecule has 0 aliphatic rings. The molecule has 1 amide bonds. The zero-order valence-corrected chi connectivity index (χ0v) is 14.2. The van der Waals surface area contributed by atoms with Crippen molar-refractivity contribution in [3.05, 3.63) is 71.8 Å². The minimum Gasteiger partial charge on any atom is -0.480 e. The van der Waals surface area contributed by atoms with Gasteiger partial charge < -0.3 is 10.4 Å². The molecule has 0 saturated carbocycles. The molecule has 0 unspecified atom stereocenters. The first kappa shape index (κ1) is 18.1. The highest BCUT2D eigenvalue weighted by atomic mass is 32.2. The molecule has 0 aromatic heterocycles. The molecule has 0 bridgehead atoms. The Hall–Kier alpha value is -2.27. The lowest BCUT2D eigenvalue weighted by Crippen LogP contribution is -2.42. The van der Waals surface area contributed by atoms with Gasteiger partial charge in [-0.05, 0) is 17.5 Å². The Morgan fingerprint density at radius 3 is 2.12 bits per heavy atom. The maximum absolute atomic E-state index is 12.0. The van der Waals surface area contributed by atoms with E-state index in [-0.39, 0.29) is 12.3 Å². The second-order valence-electron chi connectivity index (χ2n) is 5.44. The molecule has 0 heterocycles. The van der Waals surface area contributed by atoms with Crippen LogP contribution in [0.15, 0.2) is 60.7 Å². The molecule has 4 nitrogen and oxygen atoms in total. The third-order valence-electron chi connectivity index (χ3n) is 3.51. The minimum absolute atomic E-state index is 0.230. The molecule has 0 aliphatic carbocycles. The first-order chi connectivity index (χ1) is 11.6. The SMILES string of the molecule is O=C(CCc1ccccc1)N[C@@H](CSCc1ccccc1)C(=O)O. The van der Waals surface area contributed by atoms with Crippen molar-refractivity contribution < 1.29 is 14.7 Å². The summed E-state index contributed by atoms with van der Waals surface area (Å²) in [6.07, 6.45) is 0.896. The Bertz CT molecular complexity index is 646. The lowest BCUT2D eigenvalue weighted by Gasteiger charge is -2.14. The monoisotopic (exact) mass is 343 g/mol. The Labute approximate surface area is 146 Å². The highest BCUT2D eigenvalue weighted by Gasteiger charge is 2.19. The number of hydrogen-bond donors (Lipinski definition) is 2. The number of carboxylic acids is 1. The van der Waals surface area contributed by atoms with E-state index >= 15 is 0 Å².